The molecule has 1 N–H and O–H groups in total. The summed E-state index contributed by atoms with van der Waals surface area (Å²) in [6.45, 7) is 3.43. The van der Waals surface area contributed by atoms with Crippen LogP contribution in [0.4, 0.5) is 17.6 Å². The standard InChI is InChI=1S/C15H11F4N3O3S/c1-6(2)21-9-4-8(7(16)3-10(9)26-14(21)25)22-12(23)5-11(15(17,18)19)20-13(22)24/h3-6H,1-2H3,(H,20,24). The molecule has 6 nitrogen and oxygen atoms in total. The molecule has 11 heteroatoms. The predicted octanol–water partition coefficient (Wildman–Crippen LogP) is 2.64. The number of hydrogen-bond acceptors (Lipinski definition) is 4. The van der Waals surface area contributed by atoms with Crippen molar-refractivity contribution in [1.29, 1.82) is 0 Å². The first kappa shape index (κ1) is 18.1. The fourth-order valence-electron chi connectivity index (χ4n) is 2.58. The van der Waals surface area contributed by atoms with E-state index in [0.717, 1.165) is 23.5 Å². The zero-order valence-corrected chi connectivity index (χ0v) is 14.2. The number of thiazole rings is 1. The fourth-order valence-corrected chi connectivity index (χ4v) is 3.60. The van der Waals surface area contributed by atoms with Crippen LogP contribution >= 0.6 is 11.3 Å². The second-order valence-corrected chi connectivity index (χ2v) is 6.76. The summed E-state index contributed by atoms with van der Waals surface area (Å²) >= 11 is 0.785. The number of rotatable bonds is 2. The van der Waals surface area contributed by atoms with Gasteiger partial charge < -0.3 is 4.98 Å². The number of fused-ring (bicyclic) bond motifs is 1. The first-order valence-corrected chi connectivity index (χ1v) is 8.11. The molecule has 3 rings (SSSR count). The number of nitrogens with one attached hydrogen (secondary N) is 1. The summed E-state index contributed by atoms with van der Waals surface area (Å²) < 4.78 is 54.4. The van der Waals surface area contributed by atoms with Crippen molar-refractivity contribution in [3.63, 3.8) is 0 Å². The number of aromatic amines is 1. The smallest absolute Gasteiger partial charge is 0.303 e. The minimum absolute atomic E-state index is 0.175. The maximum atomic E-state index is 14.4. The molecule has 0 amide bonds. The summed E-state index contributed by atoms with van der Waals surface area (Å²) in [4.78, 5) is 37.2. The minimum atomic E-state index is -4.93. The first-order chi connectivity index (χ1) is 12.0. The number of H-pyrrole nitrogens is 1. The van der Waals surface area contributed by atoms with Gasteiger partial charge in [-0.2, -0.15) is 13.2 Å². The van der Waals surface area contributed by atoms with Crippen LogP contribution in [-0.2, 0) is 6.18 Å². The van der Waals surface area contributed by atoms with E-state index >= 15 is 0 Å². The highest BCUT2D eigenvalue weighted by Crippen LogP contribution is 2.27. The van der Waals surface area contributed by atoms with Crippen molar-refractivity contribution in [2.24, 2.45) is 0 Å². The first-order valence-electron chi connectivity index (χ1n) is 7.29. The van der Waals surface area contributed by atoms with Crippen molar-refractivity contribution in [2.75, 3.05) is 0 Å². The lowest BCUT2D eigenvalue weighted by Crippen LogP contribution is -2.36. The van der Waals surface area contributed by atoms with E-state index in [0.29, 0.717) is 4.70 Å². The molecule has 0 unspecified atom stereocenters. The van der Waals surface area contributed by atoms with Crippen molar-refractivity contribution in [3.05, 3.63) is 60.2 Å². The molecule has 0 atom stereocenters. The molecule has 0 saturated carbocycles. The Morgan fingerprint density at radius 2 is 1.77 bits per heavy atom. The number of alkyl halides is 3. The number of benzene rings is 1. The van der Waals surface area contributed by atoms with Crippen LogP contribution in [0.2, 0.25) is 0 Å². The van der Waals surface area contributed by atoms with Gasteiger partial charge in [0.1, 0.15) is 11.5 Å². The monoisotopic (exact) mass is 389 g/mol. The summed E-state index contributed by atoms with van der Waals surface area (Å²) in [6, 6.07) is 1.97. The summed E-state index contributed by atoms with van der Waals surface area (Å²) in [6.07, 6.45) is -4.93. The molecule has 3 aromatic rings. The van der Waals surface area contributed by atoms with Crippen molar-refractivity contribution in [1.82, 2.24) is 14.1 Å². The van der Waals surface area contributed by atoms with E-state index in [2.05, 4.69) is 0 Å². The van der Waals surface area contributed by atoms with Gasteiger partial charge in [-0.15, -0.1) is 0 Å². The second-order valence-electron chi connectivity index (χ2n) is 5.76. The molecule has 0 spiro atoms. The third-order valence-electron chi connectivity index (χ3n) is 3.68. The number of hydrogen-bond donors (Lipinski definition) is 1. The highest BCUT2D eigenvalue weighted by atomic mass is 32.1. The van der Waals surface area contributed by atoms with Crippen LogP contribution in [0.5, 0.6) is 0 Å². The van der Waals surface area contributed by atoms with E-state index in [9.17, 15) is 31.9 Å². The summed E-state index contributed by atoms with van der Waals surface area (Å²) in [5, 5.41) is 0. The Labute approximate surface area is 145 Å². The lowest BCUT2D eigenvalue weighted by molar-refractivity contribution is -0.141. The Balaban J connectivity index is 2.35. The van der Waals surface area contributed by atoms with E-state index in [1.807, 2.05) is 0 Å². The Morgan fingerprint density at radius 3 is 2.31 bits per heavy atom. The van der Waals surface area contributed by atoms with Crippen molar-refractivity contribution >= 4 is 21.6 Å². The highest BCUT2D eigenvalue weighted by Gasteiger charge is 2.33. The lowest BCUT2D eigenvalue weighted by atomic mass is 10.2. The van der Waals surface area contributed by atoms with Crippen LogP contribution in [0.3, 0.4) is 0 Å². The van der Waals surface area contributed by atoms with E-state index < -0.39 is 34.6 Å². The molecule has 2 aromatic heterocycles. The van der Waals surface area contributed by atoms with Gasteiger partial charge in [-0.3, -0.25) is 14.2 Å². The predicted molar refractivity (Wildman–Crippen MR) is 87.6 cm³/mol. The third-order valence-corrected chi connectivity index (χ3v) is 4.60. The molecule has 0 aliphatic heterocycles. The Bertz CT molecular complexity index is 1150. The van der Waals surface area contributed by atoms with Crippen LogP contribution in [0.15, 0.2) is 32.6 Å². The van der Waals surface area contributed by atoms with Gasteiger partial charge >= 0.3 is 16.7 Å². The van der Waals surface area contributed by atoms with Crippen molar-refractivity contribution in [3.8, 4) is 5.69 Å². The molecule has 0 aliphatic rings. The summed E-state index contributed by atoms with van der Waals surface area (Å²) in [7, 11) is 0. The van der Waals surface area contributed by atoms with Gasteiger partial charge in [-0.1, -0.05) is 11.3 Å². The molecule has 26 heavy (non-hydrogen) atoms. The lowest BCUT2D eigenvalue weighted by Gasteiger charge is -2.11. The average Bonchev–Trinajstić information content (AvgIpc) is 2.80. The molecular formula is C15H11F4N3O3S. The molecule has 2 heterocycles. The summed E-state index contributed by atoms with van der Waals surface area (Å²) in [5.74, 6) is -1.01. The third kappa shape index (κ3) is 2.87. The fraction of sp³-hybridized carbons (Fsp3) is 0.267. The molecule has 0 radical (unpaired) electrons. The van der Waals surface area contributed by atoms with Gasteiger partial charge in [0.15, 0.2) is 0 Å². The van der Waals surface area contributed by atoms with Gasteiger partial charge in [-0.25, -0.2) is 13.8 Å². The largest absolute Gasteiger partial charge is 0.431 e. The van der Waals surface area contributed by atoms with Crippen LogP contribution < -0.4 is 16.1 Å². The maximum Gasteiger partial charge on any atom is 0.431 e. The van der Waals surface area contributed by atoms with Crippen LogP contribution in [0.1, 0.15) is 25.6 Å². The molecule has 138 valence electrons. The molecule has 0 fully saturated rings. The van der Waals surface area contributed by atoms with Crippen LogP contribution in [0, 0.1) is 5.82 Å². The topological polar surface area (TPSA) is 76.9 Å². The van der Waals surface area contributed by atoms with Crippen LogP contribution in [-0.4, -0.2) is 14.1 Å². The molecule has 1 aromatic carbocycles. The SMILES string of the molecule is CC(C)n1c(=O)sc2cc(F)c(-n3c(=O)cc(C(F)(F)F)[nH]c3=O)cc21. The average molecular weight is 389 g/mol. The van der Waals surface area contributed by atoms with Gasteiger partial charge in [0.05, 0.1) is 15.9 Å². The molecular weight excluding hydrogens is 378 g/mol. The zero-order valence-electron chi connectivity index (χ0n) is 13.3. The molecule has 0 aliphatic carbocycles. The zero-order chi connectivity index (χ0) is 19.4. The van der Waals surface area contributed by atoms with E-state index in [1.165, 1.54) is 9.55 Å². The van der Waals surface area contributed by atoms with E-state index in [4.69, 9.17) is 0 Å². The highest BCUT2D eigenvalue weighted by molar-refractivity contribution is 7.16. The van der Waals surface area contributed by atoms with Crippen molar-refractivity contribution in [2.45, 2.75) is 26.1 Å². The van der Waals surface area contributed by atoms with Gasteiger partial charge in [-0.05, 0) is 26.0 Å². The number of halogens is 4. The quantitative estimate of drug-likeness (QED) is 0.685. The Morgan fingerprint density at radius 1 is 1.12 bits per heavy atom. The minimum Gasteiger partial charge on any atom is -0.303 e. The van der Waals surface area contributed by atoms with Gasteiger partial charge in [0.25, 0.3) is 5.56 Å². The molecule has 0 bridgehead atoms. The van der Waals surface area contributed by atoms with Gasteiger partial charge in [0, 0.05) is 12.1 Å². The number of aromatic nitrogens is 3. The van der Waals surface area contributed by atoms with Crippen LogP contribution in [0.25, 0.3) is 15.9 Å². The maximum absolute atomic E-state index is 14.4. The molecule has 0 saturated heterocycles. The van der Waals surface area contributed by atoms with Crippen molar-refractivity contribution < 1.29 is 17.6 Å². The Hall–Kier alpha value is -2.69. The normalized spacial score (nSPS) is 12.3. The second kappa shape index (κ2) is 5.94. The summed E-state index contributed by atoms with van der Waals surface area (Å²) in [5.41, 5.74) is -4.56. The Kier molecular flexibility index (Phi) is 4.14. The van der Waals surface area contributed by atoms with Gasteiger partial charge in [0.2, 0.25) is 0 Å². The van der Waals surface area contributed by atoms with E-state index in [1.54, 1.807) is 13.8 Å². The van der Waals surface area contributed by atoms with E-state index in [-0.39, 0.29) is 27.1 Å². The number of nitrogens with zero attached hydrogens (tertiary/aromatic N) is 2.